The van der Waals surface area contributed by atoms with Crippen LogP contribution in [-0.4, -0.2) is 5.97 Å². The van der Waals surface area contributed by atoms with Crippen molar-refractivity contribution in [3.8, 4) is 17.6 Å². The van der Waals surface area contributed by atoms with Gasteiger partial charge < -0.3 is 19.6 Å². The number of hydrogen-bond acceptors (Lipinski definition) is 6. The number of furan rings is 1. The van der Waals surface area contributed by atoms with Gasteiger partial charge in [-0.25, -0.2) is 4.79 Å². The average molecular weight is 501 g/mol. The zero-order valence-corrected chi connectivity index (χ0v) is 21.2. The quantitative estimate of drug-likeness (QED) is 0.213. The van der Waals surface area contributed by atoms with Crippen LogP contribution < -0.4 is 15.2 Å². The molecule has 0 fully saturated rings. The van der Waals surface area contributed by atoms with Crippen molar-refractivity contribution in [3.63, 3.8) is 0 Å². The van der Waals surface area contributed by atoms with Gasteiger partial charge in [-0.1, -0.05) is 60.7 Å². The van der Waals surface area contributed by atoms with E-state index in [0.29, 0.717) is 16.9 Å². The molecule has 2 N–H and O–H groups in total. The number of carbonyl (C=O) groups excluding carboxylic acids is 1. The lowest BCUT2D eigenvalue weighted by molar-refractivity contribution is 0.0702. The van der Waals surface area contributed by atoms with E-state index >= 15 is 0 Å². The monoisotopic (exact) mass is 500 g/mol. The molecule has 6 heteroatoms. The van der Waals surface area contributed by atoms with Gasteiger partial charge >= 0.3 is 5.97 Å². The fourth-order valence-corrected chi connectivity index (χ4v) is 5.19. The third kappa shape index (κ3) is 3.60. The first kappa shape index (κ1) is 23.4. The lowest BCUT2D eigenvalue weighted by atomic mass is 9.81. The molecule has 1 unspecified atom stereocenters. The minimum atomic E-state index is -0.599. The molecule has 1 aliphatic rings. The molecule has 4 aromatic carbocycles. The summed E-state index contributed by atoms with van der Waals surface area (Å²) < 4.78 is 17.5. The van der Waals surface area contributed by atoms with E-state index in [1.807, 2.05) is 81.4 Å². The van der Waals surface area contributed by atoms with Crippen LogP contribution in [0.3, 0.4) is 0 Å². The summed E-state index contributed by atoms with van der Waals surface area (Å²) in [6.45, 7) is 5.81. The molecule has 6 rings (SSSR count). The van der Waals surface area contributed by atoms with Gasteiger partial charge in [0.2, 0.25) is 11.6 Å². The highest BCUT2D eigenvalue weighted by molar-refractivity contribution is 5.98. The number of ether oxygens (including phenoxy) is 2. The van der Waals surface area contributed by atoms with Crippen molar-refractivity contribution in [1.29, 1.82) is 5.26 Å². The Balaban J connectivity index is 1.39. The van der Waals surface area contributed by atoms with E-state index in [0.717, 1.165) is 44.0 Å². The molecule has 0 saturated heterocycles. The van der Waals surface area contributed by atoms with Crippen LogP contribution in [0, 0.1) is 32.1 Å². The van der Waals surface area contributed by atoms with E-state index in [1.165, 1.54) is 0 Å². The number of hydrogen-bond donors (Lipinski definition) is 1. The van der Waals surface area contributed by atoms with Crippen LogP contribution in [-0.2, 0) is 0 Å². The third-order valence-electron chi connectivity index (χ3n) is 7.35. The van der Waals surface area contributed by atoms with Crippen molar-refractivity contribution in [2.24, 2.45) is 5.73 Å². The number of aryl methyl sites for hydroxylation is 3. The maximum Gasteiger partial charge on any atom is 0.379 e. The number of nitriles is 1. The molecular weight excluding hydrogens is 476 g/mol. The number of carbonyl (C=O) groups is 1. The van der Waals surface area contributed by atoms with Gasteiger partial charge in [0.05, 0.1) is 5.92 Å². The SMILES string of the molecule is Cc1ccc2c(C)c(C(=O)Oc3ccc4c(c3)OC(N)=C(C#N)C4c3cccc4ccccc34)oc2c1C. The second-order valence-electron chi connectivity index (χ2n) is 9.52. The smallest absolute Gasteiger partial charge is 0.379 e. The molecule has 186 valence electrons. The predicted octanol–water partition coefficient (Wildman–Crippen LogP) is 6.95. The highest BCUT2D eigenvalue weighted by atomic mass is 16.5. The van der Waals surface area contributed by atoms with Crippen molar-refractivity contribution in [3.05, 3.63) is 118 Å². The summed E-state index contributed by atoms with van der Waals surface area (Å²) in [6, 6.07) is 25.3. The zero-order valence-electron chi connectivity index (χ0n) is 21.2. The Labute approximate surface area is 219 Å². The van der Waals surface area contributed by atoms with Gasteiger partial charge in [-0.05, 0) is 54.3 Å². The predicted molar refractivity (Wildman–Crippen MR) is 145 cm³/mol. The number of allylic oxidation sites excluding steroid dienone is 1. The summed E-state index contributed by atoms with van der Waals surface area (Å²) in [5.41, 5.74) is 11.7. The molecular formula is C32H24N2O4. The van der Waals surface area contributed by atoms with E-state index in [1.54, 1.807) is 12.1 Å². The molecule has 6 nitrogen and oxygen atoms in total. The normalized spacial score (nSPS) is 14.7. The molecule has 1 aliphatic heterocycles. The minimum absolute atomic E-state index is 0.0281. The van der Waals surface area contributed by atoms with Crippen LogP contribution in [0.15, 0.2) is 88.7 Å². The molecule has 0 spiro atoms. The minimum Gasteiger partial charge on any atom is -0.448 e. The van der Waals surface area contributed by atoms with Crippen LogP contribution >= 0.6 is 0 Å². The van der Waals surface area contributed by atoms with Crippen molar-refractivity contribution >= 4 is 27.7 Å². The van der Waals surface area contributed by atoms with E-state index in [4.69, 9.17) is 19.6 Å². The van der Waals surface area contributed by atoms with Gasteiger partial charge in [-0.2, -0.15) is 5.26 Å². The highest BCUT2D eigenvalue weighted by Crippen LogP contribution is 2.45. The van der Waals surface area contributed by atoms with Gasteiger partial charge in [-0.3, -0.25) is 0 Å². The van der Waals surface area contributed by atoms with Crippen molar-refractivity contribution in [2.75, 3.05) is 0 Å². The number of rotatable bonds is 3. The number of fused-ring (bicyclic) bond motifs is 3. The van der Waals surface area contributed by atoms with Crippen LogP contribution in [0.25, 0.3) is 21.7 Å². The van der Waals surface area contributed by atoms with Crippen LogP contribution in [0.5, 0.6) is 11.5 Å². The summed E-state index contributed by atoms with van der Waals surface area (Å²) in [4.78, 5) is 13.1. The Morgan fingerprint density at radius 2 is 1.71 bits per heavy atom. The lowest BCUT2D eigenvalue weighted by Crippen LogP contribution is -2.21. The van der Waals surface area contributed by atoms with E-state index < -0.39 is 11.9 Å². The number of nitrogens with two attached hydrogens (primary N) is 1. The number of benzene rings is 4. The second kappa shape index (κ2) is 8.82. The average Bonchev–Trinajstić information content (AvgIpc) is 3.26. The first-order valence-electron chi connectivity index (χ1n) is 12.3. The maximum atomic E-state index is 13.1. The molecule has 0 saturated carbocycles. The van der Waals surface area contributed by atoms with Gasteiger partial charge in [0.25, 0.3) is 0 Å². The summed E-state index contributed by atoms with van der Waals surface area (Å²) in [6.07, 6.45) is 0. The van der Waals surface area contributed by atoms with E-state index in [9.17, 15) is 10.1 Å². The lowest BCUT2D eigenvalue weighted by Gasteiger charge is -2.27. The highest BCUT2D eigenvalue weighted by Gasteiger charge is 2.32. The largest absolute Gasteiger partial charge is 0.448 e. The Kier molecular flexibility index (Phi) is 5.43. The topological polar surface area (TPSA) is 98.5 Å². The van der Waals surface area contributed by atoms with Gasteiger partial charge in [0.1, 0.15) is 28.7 Å². The molecule has 0 radical (unpaired) electrons. The number of esters is 1. The first-order valence-corrected chi connectivity index (χ1v) is 12.3. The fourth-order valence-electron chi connectivity index (χ4n) is 5.19. The van der Waals surface area contributed by atoms with Crippen molar-refractivity contribution in [1.82, 2.24) is 0 Å². The van der Waals surface area contributed by atoms with E-state index in [2.05, 4.69) is 6.07 Å². The standard InChI is InChI=1S/C32H24N2O4/c1-17-11-13-22-19(3)30(38-29(22)18(17)2)32(35)36-21-12-14-25-27(15-21)37-31(34)26(16-33)28(25)24-10-6-8-20-7-4-5-9-23(20)24/h4-15,28H,34H2,1-3H3. The Bertz CT molecular complexity index is 1850. The van der Waals surface area contributed by atoms with Gasteiger partial charge in [-0.15, -0.1) is 0 Å². The van der Waals surface area contributed by atoms with Crippen molar-refractivity contribution in [2.45, 2.75) is 26.7 Å². The Morgan fingerprint density at radius 3 is 2.53 bits per heavy atom. The molecule has 5 aromatic rings. The third-order valence-corrected chi connectivity index (χ3v) is 7.35. The number of nitrogens with zero attached hydrogens (tertiary/aromatic N) is 1. The van der Waals surface area contributed by atoms with Gasteiger partial charge in [0.15, 0.2) is 0 Å². The molecule has 0 bridgehead atoms. The Hall–Kier alpha value is -5.02. The van der Waals surface area contributed by atoms with Crippen LogP contribution in [0.4, 0.5) is 0 Å². The molecule has 2 heterocycles. The molecule has 0 amide bonds. The van der Waals surface area contributed by atoms with Crippen LogP contribution in [0.2, 0.25) is 0 Å². The summed E-state index contributed by atoms with van der Waals surface area (Å²) >= 11 is 0. The molecule has 1 atom stereocenters. The zero-order chi connectivity index (χ0) is 26.6. The molecule has 0 aliphatic carbocycles. The second-order valence-corrected chi connectivity index (χ2v) is 9.52. The summed E-state index contributed by atoms with van der Waals surface area (Å²) in [5, 5.41) is 12.9. The van der Waals surface area contributed by atoms with E-state index in [-0.39, 0.29) is 17.4 Å². The van der Waals surface area contributed by atoms with Crippen LogP contribution in [0.1, 0.15) is 44.3 Å². The summed E-state index contributed by atoms with van der Waals surface area (Å²) in [7, 11) is 0. The molecule has 38 heavy (non-hydrogen) atoms. The first-order chi connectivity index (χ1) is 18.4. The Morgan fingerprint density at radius 1 is 0.921 bits per heavy atom. The van der Waals surface area contributed by atoms with Crippen molar-refractivity contribution < 1.29 is 18.7 Å². The summed E-state index contributed by atoms with van der Waals surface area (Å²) in [5.74, 6) is -0.127. The molecule has 1 aromatic heterocycles. The maximum absolute atomic E-state index is 13.1. The van der Waals surface area contributed by atoms with Gasteiger partial charge in [0, 0.05) is 22.6 Å². The fraction of sp³-hybridized carbons (Fsp3) is 0.125.